The molecule has 0 unspecified atom stereocenters. The molecule has 1 saturated heterocycles. The minimum absolute atomic E-state index is 0. The van der Waals surface area contributed by atoms with Crippen LogP contribution in [0, 0.1) is 0 Å². The van der Waals surface area contributed by atoms with Gasteiger partial charge in [-0.15, -0.1) is 24.0 Å². The molecule has 1 aromatic heterocycles. The van der Waals surface area contributed by atoms with Gasteiger partial charge in [-0.05, 0) is 52.2 Å². The highest BCUT2D eigenvalue weighted by molar-refractivity contribution is 14.0. The number of likely N-dealkylation sites (tertiary alicyclic amines) is 1. The van der Waals surface area contributed by atoms with Crippen LogP contribution in [0.15, 0.2) is 27.8 Å². The fourth-order valence-electron chi connectivity index (χ4n) is 3.33. The Labute approximate surface area is 199 Å². The molecular formula is C22H41IN4O3. The lowest BCUT2D eigenvalue weighted by Crippen LogP contribution is -2.49. The van der Waals surface area contributed by atoms with E-state index < -0.39 is 0 Å². The van der Waals surface area contributed by atoms with Gasteiger partial charge in [-0.25, -0.2) is 0 Å². The third-order valence-corrected chi connectivity index (χ3v) is 4.95. The zero-order valence-electron chi connectivity index (χ0n) is 18.9. The van der Waals surface area contributed by atoms with Crippen molar-refractivity contribution in [2.24, 2.45) is 4.99 Å². The maximum absolute atomic E-state index is 5.68. The molecule has 2 heterocycles. The van der Waals surface area contributed by atoms with E-state index in [1.807, 2.05) is 19.1 Å². The van der Waals surface area contributed by atoms with Crippen LogP contribution in [0.2, 0.25) is 0 Å². The number of guanidine groups is 1. The van der Waals surface area contributed by atoms with Gasteiger partial charge in [-0.1, -0.05) is 0 Å². The third kappa shape index (κ3) is 12.1. The second kappa shape index (κ2) is 16.8. The SMILES string of the molecule is CCOCCCN=C(NCCc1ccco1)NC1CCN(CCOC(C)C)CC1.I. The minimum atomic E-state index is 0. The summed E-state index contributed by atoms with van der Waals surface area (Å²) in [6, 6.07) is 4.39. The Balaban J connectivity index is 0.00000450. The number of hydrogen-bond donors (Lipinski definition) is 2. The summed E-state index contributed by atoms with van der Waals surface area (Å²) in [5.41, 5.74) is 0. The quantitative estimate of drug-likeness (QED) is 0.175. The van der Waals surface area contributed by atoms with Gasteiger partial charge in [-0.3, -0.25) is 4.99 Å². The summed E-state index contributed by atoms with van der Waals surface area (Å²) in [5, 5.41) is 7.09. The Hall–Kier alpha value is -0.840. The van der Waals surface area contributed by atoms with Crippen LogP contribution in [-0.2, 0) is 15.9 Å². The van der Waals surface area contributed by atoms with Crippen molar-refractivity contribution in [1.82, 2.24) is 15.5 Å². The van der Waals surface area contributed by atoms with E-state index in [-0.39, 0.29) is 24.0 Å². The fraction of sp³-hybridized carbons (Fsp3) is 0.773. The molecule has 8 heteroatoms. The van der Waals surface area contributed by atoms with Crippen molar-refractivity contribution >= 4 is 29.9 Å². The second-order valence-corrected chi connectivity index (χ2v) is 7.72. The molecule has 0 atom stereocenters. The molecule has 0 saturated carbocycles. The van der Waals surface area contributed by atoms with E-state index in [4.69, 9.17) is 18.9 Å². The molecule has 0 aliphatic carbocycles. The first-order valence-corrected chi connectivity index (χ1v) is 11.2. The lowest BCUT2D eigenvalue weighted by Gasteiger charge is -2.33. The maximum atomic E-state index is 5.68. The summed E-state index contributed by atoms with van der Waals surface area (Å²) < 4.78 is 16.5. The number of aliphatic imine (C=N–C) groups is 1. The molecule has 7 nitrogen and oxygen atoms in total. The monoisotopic (exact) mass is 536 g/mol. The van der Waals surface area contributed by atoms with E-state index >= 15 is 0 Å². The molecule has 1 aromatic rings. The van der Waals surface area contributed by atoms with Crippen molar-refractivity contribution in [2.75, 3.05) is 52.5 Å². The lowest BCUT2D eigenvalue weighted by atomic mass is 10.1. The maximum Gasteiger partial charge on any atom is 0.191 e. The van der Waals surface area contributed by atoms with Crippen LogP contribution in [0.25, 0.3) is 0 Å². The van der Waals surface area contributed by atoms with Crippen molar-refractivity contribution in [3.63, 3.8) is 0 Å². The van der Waals surface area contributed by atoms with Gasteiger partial charge in [-0.2, -0.15) is 0 Å². The zero-order chi connectivity index (χ0) is 20.7. The van der Waals surface area contributed by atoms with Crippen LogP contribution in [0.3, 0.4) is 0 Å². The van der Waals surface area contributed by atoms with Crippen LogP contribution in [0.5, 0.6) is 0 Å². The van der Waals surface area contributed by atoms with Gasteiger partial charge in [0, 0.05) is 58.4 Å². The molecule has 0 radical (unpaired) electrons. The molecule has 0 amide bonds. The number of piperidine rings is 1. The van der Waals surface area contributed by atoms with Crippen molar-refractivity contribution < 1.29 is 13.9 Å². The number of halogens is 1. The van der Waals surface area contributed by atoms with Crippen LogP contribution >= 0.6 is 24.0 Å². The predicted molar refractivity (Wildman–Crippen MR) is 133 cm³/mol. The lowest BCUT2D eigenvalue weighted by molar-refractivity contribution is 0.0532. The standard InChI is InChI=1S/C22H40N4O3.HI/c1-4-27-16-6-11-23-22(24-12-8-21-7-5-17-29-21)25-20-9-13-26(14-10-20)15-18-28-19(2)3;/h5,7,17,19-20H,4,6,8-16,18H2,1-3H3,(H2,23,24,25);1H. The highest BCUT2D eigenvalue weighted by Gasteiger charge is 2.20. The number of nitrogens with one attached hydrogen (secondary N) is 2. The van der Waals surface area contributed by atoms with Gasteiger partial charge >= 0.3 is 0 Å². The summed E-state index contributed by atoms with van der Waals surface area (Å²) in [5.74, 6) is 1.89. The van der Waals surface area contributed by atoms with Gasteiger partial charge in [0.15, 0.2) is 5.96 Å². The first-order valence-electron chi connectivity index (χ1n) is 11.2. The summed E-state index contributed by atoms with van der Waals surface area (Å²) in [4.78, 5) is 7.24. The van der Waals surface area contributed by atoms with Gasteiger partial charge in [0.05, 0.1) is 19.0 Å². The van der Waals surface area contributed by atoms with Crippen molar-refractivity contribution in [3.8, 4) is 0 Å². The molecule has 0 spiro atoms. The highest BCUT2D eigenvalue weighted by Crippen LogP contribution is 2.10. The van der Waals surface area contributed by atoms with Crippen LogP contribution in [0.4, 0.5) is 0 Å². The average Bonchev–Trinajstić information content (AvgIpc) is 3.22. The summed E-state index contributed by atoms with van der Waals surface area (Å²) in [6.07, 6.45) is 6.06. The van der Waals surface area contributed by atoms with Crippen LogP contribution < -0.4 is 10.6 Å². The van der Waals surface area contributed by atoms with E-state index in [1.54, 1.807) is 6.26 Å². The zero-order valence-corrected chi connectivity index (χ0v) is 21.2. The molecule has 174 valence electrons. The largest absolute Gasteiger partial charge is 0.469 e. The number of furan rings is 1. The first-order chi connectivity index (χ1) is 14.2. The van der Waals surface area contributed by atoms with Gasteiger partial charge in [0.25, 0.3) is 0 Å². The predicted octanol–water partition coefficient (Wildman–Crippen LogP) is 3.29. The van der Waals surface area contributed by atoms with Gasteiger partial charge < -0.3 is 29.4 Å². The molecule has 1 aliphatic heterocycles. The van der Waals surface area contributed by atoms with E-state index in [1.165, 1.54) is 0 Å². The number of nitrogens with zero attached hydrogens (tertiary/aromatic N) is 2. The van der Waals surface area contributed by atoms with E-state index in [0.717, 1.165) is 89.9 Å². The molecule has 1 aliphatic rings. The van der Waals surface area contributed by atoms with Gasteiger partial charge in [0.1, 0.15) is 5.76 Å². The molecular weight excluding hydrogens is 495 g/mol. The molecule has 0 aromatic carbocycles. The molecule has 2 rings (SSSR count). The van der Waals surface area contributed by atoms with Gasteiger partial charge in [0.2, 0.25) is 0 Å². The van der Waals surface area contributed by atoms with E-state index in [0.29, 0.717) is 12.1 Å². The second-order valence-electron chi connectivity index (χ2n) is 7.72. The summed E-state index contributed by atoms with van der Waals surface area (Å²) in [7, 11) is 0. The third-order valence-electron chi connectivity index (χ3n) is 4.95. The van der Waals surface area contributed by atoms with Crippen LogP contribution in [0.1, 0.15) is 45.8 Å². The Morgan fingerprint density at radius 2 is 2.10 bits per heavy atom. The Bertz CT molecular complexity index is 547. The molecule has 1 fully saturated rings. The normalized spacial score (nSPS) is 15.9. The Morgan fingerprint density at radius 3 is 2.77 bits per heavy atom. The molecule has 2 N–H and O–H groups in total. The van der Waals surface area contributed by atoms with Crippen molar-refractivity contribution in [2.45, 2.75) is 58.6 Å². The molecule has 0 bridgehead atoms. The van der Waals surface area contributed by atoms with E-state index in [9.17, 15) is 0 Å². The smallest absolute Gasteiger partial charge is 0.191 e. The minimum Gasteiger partial charge on any atom is -0.469 e. The van der Waals surface area contributed by atoms with E-state index in [2.05, 4.69) is 29.4 Å². The summed E-state index contributed by atoms with van der Waals surface area (Å²) >= 11 is 0. The number of ether oxygens (including phenoxy) is 2. The highest BCUT2D eigenvalue weighted by atomic mass is 127. The number of hydrogen-bond acceptors (Lipinski definition) is 5. The van der Waals surface area contributed by atoms with Crippen molar-refractivity contribution in [1.29, 1.82) is 0 Å². The average molecular weight is 536 g/mol. The van der Waals surface area contributed by atoms with Crippen molar-refractivity contribution in [3.05, 3.63) is 24.2 Å². The fourth-order valence-corrected chi connectivity index (χ4v) is 3.33. The topological polar surface area (TPSA) is 71.3 Å². The van der Waals surface area contributed by atoms with Crippen LogP contribution in [-0.4, -0.2) is 75.5 Å². The first kappa shape index (κ1) is 27.2. The molecule has 30 heavy (non-hydrogen) atoms. The Kier molecular flexibility index (Phi) is 15.2. The summed E-state index contributed by atoms with van der Waals surface area (Å²) in [6.45, 7) is 13.3. The Morgan fingerprint density at radius 1 is 1.30 bits per heavy atom. The number of rotatable bonds is 13.